The van der Waals surface area contributed by atoms with Crippen LogP contribution in [0.2, 0.25) is 0 Å². The first-order chi connectivity index (χ1) is 9.56. The predicted molar refractivity (Wildman–Crippen MR) is 76.6 cm³/mol. The molecule has 2 aliphatic rings. The van der Waals surface area contributed by atoms with E-state index in [4.69, 9.17) is 4.74 Å². The molecule has 2 aliphatic carbocycles. The van der Waals surface area contributed by atoms with E-state index in [1.54, 1.807) is 7.11 Å². The Labute approximate surface area is 120 Å². The smallest absolute Gasteiger partial charge is 0.130 e. The van der Waals surface area contributed by atoms with Crippen molar-refractivity contribution >= 4 is 0 Å². The minimum Gasteiger partial charge on any atom is -0.497 e. The Hall–Kier alpha value is -1.09. The summed E-state index contributed by atoms with van der Waals surface area (Å²) in [6.07, 6.45) is 5.65. The van der Waals surface area contributed by atoms with Crippen LogP contribution in [0.1, 0.15) is 50.2 Å². The SMILES string of the molecule is COc1cc(F)c2c(c1)[C@@]1(C)CCCCCC(C2)C1O. The van der Waals surface area contributed by atoms with Crippen LogP contribution < -0.4 is 4.74 Å². The number of benzene rings is 1. The molecule has 110 valence electrons. The lowest BCUT2D eigenvalue weighted by Gasteiger charge is -2.46. The van der Waals surface area contributed by atoms with Gasteiger partial charge in [-0.05, 0) is 42.4 Å². The van der Waals surface area contributed by atoms with Crippen molar-refractivity contribution in [3.63, 3.8) is 0 Å². The van der Waals surface area contributed by atoms with Gasteiger partial charge >= 0.3 is 0 Å². The number of aliphatic hydroxyl groups is 1. The first-order valence-corrected chi connectivity index (χ1v) is 7.61. The van der Waals surface area contributed by atoms with Gasteiger partial charge in [0.05, 0.1) is 13.2 Å². The summed E-state index contributed by atoms with van der Waals surface area (Å²) in [5.41, 5.74) is 1.42. The highest BCUT2D eigenvalue weighted by Gasteiger charge is 2.45. The zero-order chi connectivity index (χ0) is 14.3. The zero-order valence-electron chi connectivity index (χ0n) is 12.3. The van der Waals surface area contributed by atoms with E-state index in [2.05, 4.69) is 6.92 Å². The summed E-state index contributed by atoms with van der Waals surface area (Å²) >= 11 is 0. The van der Waals surface area contributed by atoms with Gasteiger partial charge in [-0.1, -0.05) is 26.2 Å². The summed E-state index contributed by atoms with van der Waals surface area (Å²) in [6, 6.07) is 3.40. The quantitative estimate of drug-likeness (QED) is 0.850. The van der Waals surface area contributed by atoms with Crippen molar-refractivity contribution in [2.75, 3.05) is 7.11 Å². The molecule has 0 heterocycles. The number of hydrogen-bond acceptors (Lipinski definition) is 2. The highest BCUT2D eigenvalue weighted by molar-refractivity contribution is 5.45. The molecule has 0 saturated heterocycles. The average Bonchev–Trinajstić information content (AvgIpc) is 2.44. The van der Waals surface area contributed by atoms with Crippen molar-refractivity contribution < 1.29 is 14.2 Å². The second-order valence-corrected chi connectivity index (χ2v) is 6.56. The zero-order valence-corrected chi connectivity index (χ0v) is 12.3. The van der Waals surface area contributed by atoms with Crippen LogP contribution in [0, 0.1) is 11.7 Å². The minimum atomic E-state index is -0.373. The van der Waals surface area contributed by atoms with Gasteiger partial charge in [-0.3, -0.25) is 0 Å². The highest BCUT2D eigenvalue weighted by Crippen LogP contribution is 2.47. The summed E-state index contributed by atoms with van der Waals surface area (Å²) in [7, 11) is 1.56. The Morgan fingerprint density at radius 2 is 2.10 bits per heavy atom. The lowest BCUT2D eigenvalue weighted by Crippen LogP contribution is -2.47. The molecule has 1 aromatic carbocycles. The molecule has 20 heavy (non-hydrogen) atoms. The largest absolute Gasteiger partial charge is 0.497 e. The molecular formula is C17H23FO2. The van der Waals surface area contributed by atoms with E-state index in [0.29, 0.717) is 12.2 Å². The Morgan fingerprint density at radius 3 is 2.85 bits per heavy atom. The molecule has 2 unspecified atom stereocenters. The van der Waals surface area contributed by atoms with Gasteiger partial charge in [0.2, 0.25) is 0 Å². The molecule has 3 rings (SSSR count). The Morgan fingerprint density at radius 1 is 1.30 bits per heavy atom. The van der Waals surface area contributed by atoms with E-state index in [1.807, 2.05) is 6.07 Å². The van der Waals surface area contributed by atoms with E-state index in [-0.39, 0.29) is 23.3 Å². The van der Waals surface area contributed by atoms with Crippen molar-refractivity contribution in [1.29, 1.82) is 0 Å². The van der Waals surface area contributed by atoms with Crippen LogP contribution in [-0.2, 0) is 11.8 Å². The fraction of sp³-hybridized carbons (Fsp3) is 0.647. The lowest BCUT2D eigenvalue weighted by atomic mass is 9.61. The second-order valence-electron chi connectivity index (χ2n) is 6.56. The number of rotatable bonds is 1. The predicted octanol–water partition coefficient (Wildman–Crippen LogP) is 3.59. The van der Waals surface area contributed by atoms with Crippen molar-refractivity contribution in [2.45, 2.75) is 57.0 Å². The molecule has 3 heteroatoms. The van der Waals surface area contributed by atoms with Gasteiger partial charge in [-0.25, -0.2) is 4.39 Å². The van der Waals surface area contributed by atoms with Gasteiger partial charge in [0.1, 0.15) is 11.6 Å². The molecule has 1 saturated carbocycles. The van der Waals surface area contributed by atoms with E-state index in [0.717, 1.165) is 36.8 Å². The first kappa shape index (κ1) is 13.9. The monoisotopic (exact) mass is 278 g/mol. The fourth-order valence-electron chi connectivity index (χ4n) is 4.12. The van der Waals surface area contributed by atoms with Gasteiger partial charge in [0, 0.05) is 11.5 Å². The van der Waals surface area contributed by atoms with Crippen molar-refractivity contribution in [3.8, 4) is 5.75 Å². The third-order valence-corrected chi connectivity index (χ3v) is 5.36. The Balaban J connectivity index is 2.15. The summed E-state index contributed by atoms with van der Waals surface area (Å²) in [6.45, 7) is 2.09. The molecule has 3 atom stereocenters. The molecule has 1 N–H and O–H groups in total. The first-order valence-electron chi connectivity index (χ1n) is 7.61. The number of aliphatic hydroxyl groups excluding tert-OH is 1. The van der Waals surface area contributed by atoms with Gasteiger partial charge in [0.25, 0.3) is 0 Å². The van der Waals surface area contributed by atoms with Crippen LogP contribution in [-0.4, -0.2) is 18.3 Å². The molecule has 1 aromatic rings. The molecule has 2 bridgehead atoms. The molecule has 0 amide bonds. The van der Waals surface area contributed by atoms with Crippen LogP contribution in [0.5, 0.6) is 5.75 Å². The van der Waals surface area contributed by atoms with Gasteiger partial charge in [-0.15, -0.1) is 0 Å². The van der Waals surface area contributed by atoms with E-state index in [1.165, 1.54) is 12.5 Å². The Kier molecular flexibility index (Phi) is 3.49. The number of hydrogen-bond donors (Lipinski definition) is 1. The van der Waals surface area contributed by atoms with Gasteiger partial charge in [0.15, 0.2) is 0 Å². The van der Waals surface area contributed by atoms with Gasteiger partial charge < -0.3 is 9.84 Å². The van der Waals surface area contributed by atoms with Crippen molar-refractivity contribution in [2.24, 2.45) is 5.92 Å². The van der Waals surface area contributed by atoms with Crippen molar-refractivity contribution in [3.05, 3.63) is 29.1 Å². The maximum Gasteiger partial charge on any atom is 0.130 e. The third-order valence-electron chi connectivity index (χ3n) is 5.36. The lowest BCUT2D eigenvalue weighted by molar-refractivity contribution is 0.00803. The summed E-state index contributed by atoms with van der Waals surface area (Å²) < 4.78 is 19.6. The maximum atomic E-state index is 14.4. The molecule has 0 radical (unpaired) electrons. The second kappa shape index (κ2) is 5.03. The molecular weight excluding hydrogens is 255 g/mol. The molecule has 1 fully saturated rings. The number of methoxy groups -OCH3 is 1. The molecule has 2 nitrogen and oxygen atoms in total. The van der Waals surface area contributed by atoms with Crippen LogP contribution >= 0.6 is 0 Å². The third kappa shape index (κ3) is 2.03. The molecule has 0 aromatic heterocycles. The van der Waals surface area contributed by atoms with Crippen LogP contribution in [0.15, 0.2) is 12.1 Å². The standard InChI is InChI=1S/C17H23FO2/c1-17-7-5-3-4-6-11(16(17)19)8-13-14(17)9-12(20-2)10-15(13)18/h9-11,16,19H,3-8H2,1-2H3/t11?,16?,17-/m1/s1. The van der Waals surface area contributed by atoms with Crippen LogP contribution in [0.25, 0.3) is 0 Å². The number of fused-ring (bicyclic) bond motifs is 4. The van der Waals surface area contributed by atoms with Crippen LogP contribution in [0.4, 0.5) is 4.39 Å². The maximum absolute atomic E-state index is 14.4. The normalized spacial score (nSPS) is 33.0. The summed E-state index contributed by atoms with van der Waals surface area (Å²) in [5.74, 6) is 0.564. The summed E-state index contributed by atoms with van der Waals surface area (Å²) in [5, 5.41) is 10.8. The minimum absolute atomic E-state index is 0.178. The van der Waals surface area contributed by atoms with E-state index < -0.39 is 0 Å². The number of ether oxygens (including phenoxy) is 1. The highest BCUT2D eigenvalue weighted by atomic mass is 19.1. The van der Waals surface area contributed by atoms with E-state index in [9.17, 15) is 9.50 Å². The molecule has 0 aliphatic heterocycles. The van der Waals surface area contributed by atoms with Gasteiger partial charge in [-0.2, -0.15) is 0 Å². The van der Waals surface area contributed by atoms with Crippen LogP contribution in [0.3, 0.4) is 0 Å². The fourth-order valence-corrected chi connectivity index (χ4v) is 4.12. The topological polar surface area (TPSA) is 29.5 Å². The molecule has 0 spiro atoms. The Bertz CT molecular complexity index is 514. The number of halogens is 1. The average molecular weight is 278 g/mol. The van der Waals surface area contributed by atoms with Crippen molar-refractivity contribution in [1.82, 2.24) is 0 Å². The van der Waals surface area contributed by atoms with E-state index >= 15 is 0 Å². The summed E-state index contributed by atoms with van der Waals surface area (Å²) in [4.78, 5) is 0.